The fraction of sp³-hybridized carbons (Fsp3) is 0.500. The quantitative estimate of drug-likeness (QED) is 0.832. The zero-order valence-corrected chi connectivity index (χ0v) is 11.4. The van der Waals surface area contributed by atoms with Crippen molar-refractivity contribution in [3.63, 3.8) is 0 Å². The van der Waals surface area contributed by atoms with Crippen LogP contribution in [0.2, 0.25) is 0 Å². The second kappa shape index (κ2) is 7.00. The van der Waals surface area contributed by atoms with Crippen LogP contribution in [0.5, 0.6) is 0 Å². The maximum absolute atomic E-state index is 11.9. The molecule has 1 aromatic heterocycles. The maximum Gasteiger partial charge on any atom is 0.326 e. The number of carboxylic acids is 1. The molecule has 100 valence electrons. The number of thiophene rings is 1. The Bertz CT molecular complexity index is 392. The van der Waals surface area contributed by atoms with E-state index in [0.717, 1.165) is 4.88 Å². The van der Waals surface area contributed by atoms with Crippen molar-refractivity contribution in [2.75, 3.05) is 6.54 Å². The molecule has 0 saturated heterocycles. The zero-order valence-electron chi connectivity index (χ0n) is 10.5. The van der Waals surface area contributed by atoms with E-state index in [9.17, 15) is 9.59 Å². The topological polar surface area (TPSA) is 69.6 Å². The molecule has 0 aliphatic carbocycles. The summed E-state index contributed by atoms with van der Waals surface area (Å²) in [5, 5.41) is 13.4. The van der Waals surface area contributed by atoms with E-state index >= 15 is 0 Å². The van der Waals surface area contributed by atoms with Crippen molar-refractivity contribution in [3.8, 4) is 0 Å². The molecule has 1 rings (SSSR count). The highest BCUT2D eigenvalue weighted by atomic mass is 32.1. The summed E-state index contributed by atoms with van der Waals surface area (Å²) in [6, 6.07) is 2.72. The number of aliphatic carboxylic acids is 1. The van der Waals surface area contributed by atoms with Gasteiger partial charge in [-0.15, -0.1) is 11.3 Å². The Morgan fingerprint density at radius 3 is 2.67 bits per heavy atom. The molecule has 0 radical (unpaired) electrons. The number of nitrogens with one attached hydrogen (secondary N) is 1. The average molecular weight is 270 g/mol. The largest absolute Gasteiger partial charge is 0.480 e. The van der Waals surface area contributed by atoms with E-state index in [0.29, 0.717) is 19.5 Å². The van der Waals surface area contributed by atoms with E-state index in [1.54, 1.807) is 23.2 Å². The molecule has 0 aromatic carbocycles. The summed E-state index contributed by atoms with van der Waals surface area (Å²) in [6.07, 6.45) is 0.373. The minimum absolute atomic E-state index is 0.333. The Kier molecular flexibility index (Phi) is 5.64. The van der Waals surface area contributed by atoms with Crippen LogP contribution in [0.4, 0.5) is 4.79 Å². The van der Waals surface area contributed by atoms with Crippen molar-refractivity contribution in [2.24, 2.45) is 0 Å². The maximum atomic E-state index is 11.9. The molecule has 0 aliphatic heterocycles. The number of amides is 2. The number of carboxylic acid groups (broad SMARTS) is 1. The molecule has 5 nitrogen and oxygen atoms in total. The Morgan fingerprint density at radius 1 is 1.50 bits per heavy atom. The number of nitrogens with zero attached hydrogens (tertiary/aromatic N) is 1. The first-order chi connectivity index (χ1) is 8.58. The van der Waals surface area contributed by atoms with Gasteiger partial charge in [-0.3, -0.25) is 0 Å². The first-order valence-electron chi connectivity index (χ1n) is 5.89. The van der Waals surface area contributed by atoms with Crippen molar-refractivity contribution in [3.05, 3.63) is 22.4 Å². The lowest BCUT2D eigenvalue weighted by Crippen LogP contribution is -2.47. The second-order valence-electron chi connectivity index (χ2n) is 3.84. The number of urea groups is 1. The highest BCUT2D eigenvalue weighted by Gasteiger charge is 2.20. The molecular formula is C12H18N2O3S. The lowest BCUT2D eigenvalue weighted by Gasteiger charge is -2.23. The summed E-state index contributed by atoms with van der Waals surface area (Å²) in [7, 11) is 0. The first-order valence-corrected chi connectivity index (χ1v) is 6.77. The molecule has 2 amide bonds. The smallest absolute Gasteiger partial charge is 0.326 e. The molecule has 0 saturated carbocycles. The zero-order chi connectivity index (χ0) is 13.5. The fourth-order valence-electron chi connectivity index (χ4n) is 1.50. The molecule has 0 unspecified atom stereocenters. The first kappa shape index (κ1) is 14.5. The molecule has 2 N–H and O–H groups in total. The van der Waals surface area contributed by atoms with Gasteiger partial charge in [0.05, 0.1) is 6.54 Å². The molecule has 1 aromatic rings. The molecule has 1 heterocycles. The van der Waals surface area contributed by atoms with Gasteiger partial charge in [-0.05, 0) is 24.8 Å². The standard InChI is InChI=1S/C12H18N2O3S/c1-3-10(11(15)16)13-12(17)14(4-2)8-9-6-5-7-18-9/h5-7,10H,3-4,8H2,1-2H3,(H,13,17)(H,15,16)/t10-/m1/s1. The van der Waals surface area contributed by atoms with Crippen molar-refractivity contribution < 1.29 is 14.7 Å². The number of hydrogen-bond acceptors (Lipinski definition) is 3. The highest BCUT2D eigenvalue weighted by molar-refractivity contribution is 7.09. The Balaban J connectivity index is 2.59. The SMILES string of the molecule is CC[C@@H](NC(=O)N(CC)Cc1cccs1)C(=O)O. The van der Waals surface area contributed by atoms with Gasteiger partial charge in [-0.2, -0.15) is 0 Å². The van der Waals surface area contributed by atoms with Gasteiger partial charge in [0, 0.05) is 11.4 Å². The molecule has 1 atom stereocenters. The van der Waals surface area contributed by atoms with Crippen LogP contribution in [0.15, 0.2) is 17.5 Å². The van der Waals surface area contributed by atoms with Gasteiger partial charge < -0.3 is 15.3 Å². The van der Waals surface area contributed by atoms with Crippen LogP contribution in [-0.2, 0) is 11.3 Å². The minimum atomic E-state index is -1.00. The van der Waals surface area contributed by atoms with Crippen LogP contribution in [0.3, 0.4) is 0 Å². The lowest BCUT2D eigenvalue weighted by atomic mass is 10.2. The van der Waals surface area contributed by atoms with E-state index < -0.39 is 12.0 Å². The van der Waals surface area contributed by atoms with Gasteiger partial charge in [-0.1, -0.05) is 13.0 Å². The van der Waals surface area contributed by atoms with Crippen molar-refractivity contribution in [1.82, 2.24) is 10.2 Å². The summed E-state index contributed by atoms with van der Waals surface area (Å²) in [5.41, 5.74) is 0. The Labute approximate surface area is 110 Å². The highest BCUT2D eigenvalue weighted by Crippen LogP contribution is 2.11. The van der Waals surface area contributed by atoms with E-state index in [1.807, 2.05) is 24.4 Å². The second-order valence-corrected chi connectivity index (χ2v) is 4.87. The fourth-order valence-corrected chi connectivity index (χ4v) is 2.22. The van der Waals surface area contributed by atoms with Crippen LogP contribution in [0.25, 0.3) is 0 Å². The lowest BCUT2D eigenvalue weighted by molar-refractivity contribution is -0.139. The Hall–Kier alpha value is -1.56. The number of carbonyl (C=O) groups is 2. The molecular weight excluding hydrogens is 252 g/mol. The van der Waals surface area contributed by atoms with Crippen LogP contribution >= 0.6 is 11.3 Å². The minimum Gasteiger partial charge on any atom is -0.480 e. The van der Waals surface area contributed by atoms with Gasteiger partial charge in [-0.25, -0.2) is 9.59 Å². The predicted molar refractivity (Wildman–Crippen MR) is 70.6 cm³/mol. The number of rotatable bonds is 6. The van der Waals surface area contributed by atoms with E-state index in [2.05, 4.69) is 5.32 Å². The molecule has 0 aliphatic rings. The van der Waals surface area contributed by atoms with Crippen LogP contribution in [0.1, 0.15) is 25.1 Å². The normalized spacial score (nSPS) is 11.9. The van der Waals surface area contributed by atoms with Gasteiger partial charge >= 0.3 is 12.0 Å². The Morgan fingerprint density at radius 2 is 2.22 bits per heavy atom. The predicted octanol–water partition coefficient (Wildman–Crippen LogP) is 2.14. The molecule has 0 bridgehead atoms. The summed E-state index contributed by atoms with van der Waals surface area (Å²) in [5.74, 6) is -1.00. The van der Waals surface area contributed by atoms with Gasteiger partial charge in [0.2, 0.25) is 0 Å². The summed E-state index contributed by atoms with van der Waals surface area (Å²) >= 11 is 1.58. The van der Waals surface area contributed by atoms with Gasteiger partial charge in [0.1, 0.15) is 6.04 Å². The van der Waals surface area contributed by atoms with Crippen LogP contribution in [0, 0.1) is 0 Å². The summed E-state index contributed by atoms with van der Waals surface area (Å²) in [6.45, 7) is 4.65. The summed E-state index contributed by atoms with van der Waals surface area (Å²) in [4.78, 5) is 25.5. The average Bonchev–Trinajstić information content (AvgIpc) is 2.85. The summed E-state index contributed by atoms with van der Waals surface area (Å²) < 4.78 is 0. The monoisotopic (exact) mass is 270 g/mol. The van der Waals surface area contributed by atoms with Crippen LogP contribution < -0.4 is 5.32 Å². The van der Waals surface area contributed by atoms with E-state index in [1.165, 1.54) is 0 Å². The third-order valence-electron chi connectivity index (χ3n) is 2.60. The molecule has 18 heavy (non-hydrogen) atoms. The third kappa shape index (κ3) is 4.03. The number of carbonyl (C=O) groups excluding carboxylic acids is 1. The molecule has 0 spiro atoms. The van der Waals surface area contributed by atoms with Crippen LogP contribution in [-0.4, -0.2) is 34.6 Å². The van der Waals surface area contributed by atoms with Crippen molar-refractivity contribution in [2.45, 2.75) is 32.9 Å². The van der Waals surface area contributed by atoms with E-state index in [-0.39, 0.29) is 6.03 Å². The van der Waals surface area contributed by atoms with Gasteiger partial charge in [0.15, 0.2) is 0 Å². The van der Waals surface area contributed by atoms with Crippen molar-refractivity contribution in [1.29, 1.82) is 0 Å². The molecule has 6 heteroatoms. The van der Waals surface area contributed by atoms with Crippen molar-refractivity contribution >= 4 is 23.3 Å². The number of hydrogen-bond donors (Lipinski definition) is 2. The van der Waals surface area contributed by atoms with Gasteiger partial charge in [0.25, 0.3) is 0 Å². The third-order valence-corrected chi connectivity index (χ3v) is 3.46. The van der Waals surface area contributed by atoms with E-state index in [4.69, 9.17) is 5.11 Å². The molecule has 0 fully saturated rings.